The largest absolute Gasteiger partial charge is 0.310 e. The van der Waals surface area contributed by atoms with Crippen LogP contribution in [-0.2, 0) is 0 Å². The molecule has 0 saturated carbocycles. The van der Waals surface area contributed by atoms with Gasteiger partial charge in [-0.1, -0.05) is 266 Å². The molecule has 4 heteroatoms. The molecule has 0 spiro atoms. The van der Waals surface area contributed by atoms with E-state index in [4.69, 9.17) is 0 Å². The van der Waals surface area contributed by atoms with Crippen LogP contribution in [0.3, 0.4) is 0 Å². The average molecular weight is 1010 g/mol. The van der Waals surface area contributed by atoms with Crippen LogP contribution in [0.1, 0.15) is 0 Å². The van der Waals surface area contributed by atoms with Crippen molar-refractivity contribution >= 4 is 95.3 Å². The topological polar surface area (TPSA) is 8.17 Å². The van der Waals surface area contributed by atoms with E-state index in [-0.39, 0.29) is 6.71 Å². The van der Waals surface area contributed by atoms with Gasteiger partial charge in [-0.2, -0.15) is 0 Å². The Hall–Kier alpha value is -9.61. The lowest BCUT2D eigenvalue weighted by molar-refractivity contribution is 1.15. The van der Waals surface area contributed by atoms with Crippen LogP contribution >= 0.6 is 11.8 Å². The summed E-state index contributed by atoms with van der Waals surface area (Å²) in [5.41, 5.74) is 22.9. The Balaban J connectivity index is 1.05. The number of anilines is 3. The monoisotopic (exact) mass is 1010 g/mol. The molecule has 13 aromatic carbocycles. The minimum Gasteiger partial charge on any atom is -0.310 e. The lowest BCUT2D eigenvalue weighted by Crippen LogP contribution is -2.60. The standard InChI is InChI=1S/C74H47BN2S/c1-5-22-48(23-6-1)52-40-43-64-69(45-52)78-70-47-54(76-65-38-19-17-30-57(65)58-31-18-20-39-66(58)76)46-68-73(70)75(64)63-42-41-53(72-61-34-15-13-32-59(61)71(51-28-11-4-12-29-51)60-33-14-16-35-62(60)72)44-67(63)77(68)74-55(49-24-7-2-8-25-49)36-21-37-56(74)50-26-9-3-10-27-50/h1-47H. The highest BCUT2D eigenvalue weighted by Crippen LogP contribution is 2.52. The zero-order chi connectivity index (χ0) is 51.3. The molecular formula is C74H47BN2S. The van der Waals surface area contributed by atoms with Gasteiger partial charge in [0.15, 0.2) is 0 Å². The van der Waals surface area contributed by atoms with E-state index in [1.807, 2.05) is 11.8 Å². The fourth-order valence-corrected chi connectivity index (χ4v) is 14.3. The Morgan fingerprint density at radius 2 is 0.756 bits per heavy atom. The van der Waals surface area contributed by atoms with Gasteiger partial charge in [-0.05, 0) is 113 Å². The van der Waals surface area contributed by atoms with E-state index in [2.05, 4.69) is 295 Å². The quantitative estimate of drug-likeness (QED) is 0.116. The average Bonchev–Trinajstić information content (AvgIpc) is 3.48. The van der Waals surface area contributed by atoms with E-state index in [0.29, 0.717) is 0 Å². The van der Waals surface area contributed by atoms with E-state index in [1.165, 1.54) is 137 Å². The van der Waals surface area contributed by atoms with Crippen LogP contribution < -0.4 is 21.3 Å². The number of fused-ring (bicyclic) bond motifs is 9. The van der Waals surface area contributed by atoms with Gasteiger partial charge in [0.05, 0.1) is 16.7 Å². The van der Waals surface area contributed by atoms with Crippen LogP contribution in [0.5, 0.6) is 0 Å². The van der Waals surface area contributed by atoms with Crippen LogP contribution in [0.4, 0.5) is 17.1 Å². The van der Waals surface area contributed by atoms with Crippen molar-refractivity contribution in [2.75, 3.05) is 4.90 Å². The maximum Gasteiger partial charge on any atom is 0.249 e. The first-order chi connectivity index (χ1) is 38.7. The highest BCUT2D eigenvalue weighted by Gasteiger charge is 2.43. The highest BCUT2D eigenvalue weighted by atomic mass is 32.2. The third-order valence-corrected chi connectivity index (χ3v) is 17.5. The molecule has 0 fully saturated rings. The number of nitrogens with zero attached hydrogens (tertiary/aromatic N) is 2. The normalized spacial score (nSPS) is 12.5. The summed E-state index contributed by atoms with van der Waals surface area (Å²) in [6.07, 6.45) is 0. The van der Waals surface area contributed by atoms with Crippen molar-refractivity contribution in [3.05, 3.63) is 285 Å². The number of hydrogen-bond donors (Lipinski definition) is 0. The van der Waals surface area contributed by atoms with Gasteiger partial charge in [-0.15, -0.1) is 0 Å². The molecule has 0 unspecified atom stereocenters. The Morgan fingerprint density at radius 3 is 1.32 bits per heavy atom. The van der Waals surface area contributed by atoms with Crippen LogP contribution in [0, 0.1) is 0 Å². The van der Waals surface area contributed by atoms with Crippen molar-refractivity contribution in [2.45, 2.75) is 9.79 Å². The van der Waals surface area contributed by atoms with Crippen LogP contribution in [0.15, 0.2) is 295 Å². The zero-order valence-electron chi connectivity index (χ0n) is 42.5. The maximum atomic E-state index is 2.67. The number of hydrogen-bond acceptors (Lipinski definition) is 2. The molecular weight excluding hydrogens is 960 g/mol. The van der Waals surface area contributed by atoms with Crippen LogP contribution in [0.25, 0.3) is 105 Å². The van der Waals surface area contributed by atoms with Gasteiger partial charge < -0.3 is 9.47 Å². The molecule has 0 bridgehead atoms. The molecule has 2 nitrogen and oxygen atoms in total. The predicted molar refractivity (Wildman–Crippen MR) is 333 cm³/mol. The van der Waals surface area contributed by atoms with Gasteiger partial charge in [0, 0.05) is 48.8 Å². The summed E-state index contributed by atoms with van der Waals surface area (Å²) in [4.78, 5) is 5.22. The molecule has 0 N–H and O–H groups in total. The van der Waals surface area contributed by atoms with Gasteiger partial charge in [-0.25, -0.2) is 0 Å². The van der Waals surface area contributed by atoms with Gasteiger partial charge in [0.1, 0.15) is 0 Å². The summed E-state index contributed by atoms with van der Waals surface area (Å²) in [7, 11) is 0. The van der Waals surface area contributed by atoms with E-state index >= 15 is 0 Å². The molecule has 0 saturated heterocycles. The minimum atomic E-state index is -0.0541. The molecule has 2 aliphatic heterocycles. The third kappa shape index (κ3) is 6.93. The first-order valence-electron chi connectivity index (χ1n) is 26.9. The summed E-state index contributed by atoms with van der Waals surface area (Å²) in [6.45, 7) is -0.0541. The molecule has 14 aromatic rings. The molecule has 1 aromatic heterocycles. The molecule has 3 heterocycles. The summed E-state index contributed by atoms with van der Waals surface area (Å²) >= 11 is 1.92. The molecule has 0 atom stereocenters. The van der Waals surface area contributed by atoms with Crippen molar-refractivity contribution in [2.24, 2.45) is 0 Å². The first kappa shape index (κ1) is 44.7. The van der Waals surface area contributed by atoms with E-state index in [0.717, 1.165) is 11.4 Å². The van der Waals surface area contributed by atoms with Gasteiger partial charge in [0.25, 0.3) is 0 Å². The smallest absolute Gasteiger partial charge is 0.249 e. The van der Waals surface area contributed by atoms with Gasteiger partial charge >= 0.3 is 0 Å². The minimum absolute atomic E-state index is 0.0541. The first-order valence-corrected chi connectivity index (χ1v) is 27.8. The van der Waals surface area contributed by atoms with Crippen molar-refractivity contribution in [3.8, 4) is 61.3 Å². The van der Waals surface area contributed by atoms with Gasteiger partial charge in [-0.3, -0.25) is 0 Å². The number of para-hydroxylation sites is 3. The zero-order valence-corrected chi connectivity index (χ0v) is 43.3. The second-order valence-corrected chi connectivity index (χ2v) is 21.7. The Bertz CT molecular complexity index is 4530. The van der Waals surface area contributed by atoms with Crippen LogP contribution in [0.2, 0.25) is 0 Å². The second-order valence-electron chi connectivity index (χ2n) is 20.7. The Kier molecular flexibility index (Phi) is 10.3. The number of rotatable bonds is 7. The molecule has 78 heavy (non-hydrogen) atoms. The lowest BCUT2D eigenvalue weighted by atomic mass is 9.34. The summed E-state index contributed by atoms with van der Waals surface area (Å²) in [5.74, 6) is 0. The molecule has 2 aliphatic rings. The Labute approximate surface area is 458 Å². The number of benzene rings is 13. The van der Waals surface area contributed by atoms with E-state index < -0.39 is 0 Å². The molecule has 0 aliphatic carbocycles. The number of aromatic nitrogens is 1. The molecule has 16 rings (SSSR count). The predicted octanol–water partition coefficient (Wildman–Crippen LogP) is 18.2. The van der Waals surface area contributed by atoms with Crippen molar-refractivity contribution in [1.29, 1.82) is 0 Å². The third-order valence-electron chi connectivity index (χ3n) is 16.4. The van der Waals surface area contributed by atoms with Crippen LogP contribution in [-0.4, -0.2) is 11.3 Å². The fraction of sp³-hybridized carbons (Fsp3) is 0. The molecule has 0 amide bonds. The second kappa shape index (κ2) is 18.0. The Morgan fingerprint density at radius 1 is 0.295 bits per heavy atom. The van der Waals surface area contributed by atoms with Crippen molar-refractivity contribution in [3.63, 3.8) is 0 Å². The maximum absolute atomic E-state index is 2.67. The van der Waals surface area contributed by atoms with Gasteiger partial charge in [0.2, 0.25) is 6.71 Å². The highest BCUT2D eigenvalue weighted by molar-refractivity contribution is 8.00. The van der Waals surface area contributed by atoms with E-state index in [1.54, 1.807) is 0 Å². The van der Waals surface area contributed by atoms with E-state index in [9.17, 15) is 0 Å². The summed E-state index contributed by atoms with van der Waals surface area (Å²) in [6, 6.07) is 106. The summed E-state index contributed by atoms with van der Waals surface area (Å²) < 4.78 is 2.50. The molecule has 362 valence electrons. The van der Waals surface area contributed by atoms with Crippen molar-refractivity contribution < 1.29 is 0 Å². The molecule has 0 radical (unpaired) electrons. The lowest BCUT2D eigenvalue weighted by Gasteiger charge is -2.42. The summed E-state index contributed by atoms with van der Waals surface area (Å²) in [5, 5.41) is 7.44. The fourth-order valence-electron chi connectivity index (χ4n) is 13.1. The van der Waals surface area contributed by atoms with Crippen molar-refractivity contribution in [1.82, 2.24) is 4.57 Å². The SMILES string of the molecule is c1ccc(-c2ccc3c(c2)Sc2cc(-n4c5ccccc5c5ccccc54)cc4c2B3c2ccc(-c3c5ccccc5c(-c5ccccc5)c5ccccc35)cc2N4c2c(-c3ccccc3)cccc2-c2ccccc2)cc1.